The highest BCUT2D eigenvalue weighted by Gasteiger charge is 2.38. The standard InChI is InChI=1S/C9H15N3O2/c1-6-9(3,4-5-13-6)11-8-10-7(2)12-14-8/h6H,4-5H2,1-3H3,(H,10,11,12). The van der Waals surface area contributed by atoms with Crippen molar-refractivity contribution >= 4 is 6.01 Å². The molecule has 0 radical (unpaired) electrons. The van der Waals surface area contributed by atoms with Crippen molar-refractivity contribution in [3.8, 4) is 0 Å². The van der Waals surface area contributed by atoms with Crippen molar-refractivity contribution in [2.75, 3.05) is 11.9 Å². The Labute approximate surface area is 82.8 Å². The normalized spacial score (nSPS) is 32.1. The van der Waals surface area contributed by atoms with Gasteiger partial charge in [0.1, 0.15) is 0 Å². The van der Waals surface area contributed by atoms with Crippen LogP contribution in [0.5, 0.6) is 0 Å². The van der Waals surface area contributed by atoms with Crippen LogP contribution < -0.4 is 5.32 Å². The van der Waals surface area contributed by atoms with Crippen molar-refractivity contribution in [2.45, 2.75) is 38.8 Å². The number of nitrogens with one attached hydrogen (secondary N) is 1. The molecule has 1 aliphatic rings. The Kier molecular flexibility index (Phi) is 2.19. The lowest BCUT2D eigenvalue weighted by Gasteiger charge is -2.27. The molecule has 0 saturated carbocycles. The minimum Gasteiger partial charge on any atom is -0.376 e. The molecule has 5 nitrogen and oxygen atoms in total. The lowest BCUT2D eigenvalue weighted by atomic mass is 9.95. The molecule has 0 bridgehead atoms. The Morgan fingerprint density at radius 1 is 1.57 bits per heavy atom. The molecule has 2 atom stereocenters. The van der Waals surface area contributed by atoms with Gasteiger partial charge in [0.05, 0.1) is 11.6 Å². The van der Waals surface area contributed by atoms with Crippen LogP contribution in [0.3, 0.4) is 0 Å². The van der Waals surface area contributed by atoms with Crippen LogP contribution in [0.25, 0.3) is 0 Å². The zero-order valence-corrected chi connectivity index (χ0v) is 8.70. The van der Waals surface area contributed by atoms with Gasteiger partial charge in [-0.2, -0.15) is 4.98 Å². The third kappa shape index (κ3) is 1.59. The van der Waals surface area contributed by atoms with E-state index in [0.29, 0.717) is 11.8 Å². The largest absolute Gasteiger partial charge is 0.376 e. The Morgan fingerprint density at radius 3 is 2.86 bits per heavy atom. The van der Waals surface area contributed by atoms with E-state index < -0.39 is 0 Å². The molecule has 0 aliphatic carbocycles. The zero-order chi connectivity index (χ0) is 10.2. The molecule has 1 aromatic rings. The monoisotopic (exact) mass is 197 g/mol. The fourth-order valence-electron chi connectivity index (χ4n) is 1.59. The van der Waals surface area contributed by atoms with Gasteiger partial charge in [-0.25, -0.2) is 0 Å². The Balaban J connectivity index is 2.10. The summed E-state index contributed by atoms with van der Waals surface area (Å²) < 4.78 is 10.5. The topological polar surface area (TPSA) is 60.2 Å². The Bertz CT molecular complexity index is 326. The number of ether oxygens (including phenoxy) is 1. The van der Waals surface area contributed by atoms with Gasteiger partial charge >= 0.3 is 6.01 Å². The summed E-state index contributed by atoms with van der Waals surface area (Å²) in [5.74, 6) is 0.641. The maximum atomic E-state index is 5.50. The van der Waals surface area contributed by atoms with E-state index in [0.717, 1.165) is 13.0 Å². The van der Waals surface area contributed by atoms with Crippen LogP contribution in [-0.4, -0.2) is 28.4 Å². The van der Waals surface area contributed by atoms with E-state index in [1.807, 2.05) is 6.92 Å². The van der Waals surface area contributed by atoms with Gasteiger partial charge in [-0.1, -0.05) is 5.16 Å². The first-order chi connectivity index (χ1) is 6.60. The van der Waals surface area contributed by atoms with Crippen molar-refractivity contribution < 1.29 is 9.26 Å². The highest BCUT2D eigenvalue weighted by atomic mass is 16.5. The quantitative estimate of drug-likeness (QED) is 0.775. The molecule has 1 aliphatic heterocycles. The maximum absolute atomic E-state index is 5.50. The van der Waals surface area contributed by atoms with Gasteiger partial charge in [0, 0.05) is 6.61 Å². The third-order valence-corrected chi connectivity index (χ3v) is 2.81. The third-order valence-electron chi connectivity index (χ3n) is 2.81. The van der Waals surface area contributed by atoms with Crippen LogP contribution in [0.2, 0.25) is 0 Å². The van der Waals surface area contributed by atoms with Gasteiger partial charge in [-0.05, 0) is 27.2 Å². The summed E-state index contributed by atoms with van der Waals surface area (Å²) in [5.41, 5.74) is -0.0982. The number of aromatic nitrogens is 2. The fourth-order valence-corrected chi connectivity index (χ4v) is 1.59. The molecule has 0 spiro atoms. The van der Waals surface area contributed by atoms with Gasteiger partial charge in [0.2, 0.25) is 0 Å². The summed E-state index contributed by atoms with van der Waals surface area (Å²) in [6.07, 6.45) is 1.12. The van der Waals surface area contributed by atoms with Gasteiger partial charge < -0.3 is 14.6 Å². The van der Waals surface area contributed by atoms with Crippen molar-refractivity contribution in [2.24, 2.45) is 0 Å². The van der Waals surface area contributed by atoms with Crippen molar-refractivity contribution in [1.29, 1.82) is 0 Å². The zero-order valence-electron chi connectivity index (χ0n) is 8.70. The van der Waals surface area contributed by atoms with E-state index in [2.05, 4.69) is 22.4 Å². The lowest BCUT2D eigenvalue weighted by Crippen LogP contribution is -2.41. The van der Waals surface area contributed by atoms with E-state index in [1.165, 1.54) is 0 Å². The SMILES string of the molecule is Cc1noc(NC2(C)CCOC2C)n1. The molecule has 0 aromatic carbocycles. The van der Waals surface area contributed by atoms with Crippen molar-refractivity contribution in [1.82, 2.24) is 10.1 Å². The molecule has 2 heterocycles. The predicted molar refractivity (Wildman–Crippen MR) is 51.1 cm³/mol. The molecular weight excluding hydrogens is 182 g/mol. The van der Waals surface area contributed by atoms with Crippen LogP contribution in [0, 0.1) is 6.92 Å². The predicted octanol–water partition coefficient (Wildman–Crippen LogP) is 1.36. The van der Waals surface area contributed by atoms with Gasteiger partial charge in [-0.3, -0.25) is 0 Å². The molecule has 1 N–H and O–H groups in total. The molecule has 5 heteroatoms. The van der Waals surface area contributed by atoms with Crippen molar-refractivity contribution in [3.05, 3.63) is 5.82 Å². The number of hydrogen-bond donors (Lipinski definition) is 1. The molecule has 2 rings (SSSR count). The van der Waals surface area contributed by atoms with Crippen LogP contribution in [0.4, 0.5) is 6.01 Å². The summed E-state index contributed by atoms with van der Waals surface area (Å²) in [4.78, 5) is 4.11. The van der Waals surface area contributed by atoms with E-state index in [9.17, 15) is 0 Å². The second-order valence-corrected chi connectivity index (χ2v) is 3.95. The molecule has 2 unspecified atom stereocenters. The van der Waals surface area contributed by atoms with E-state index in [4.69, 9.17) is 9.26 Å². The highest BCUT2D eigenvalue weighted by Crippen LogP contribution is 2.28. The summed E-state index contributed by atoms with van der Waals surface area (Å²) in [5, 5.41) is 6.95. The van der Waals surface area contributed by atoms with Crippen LogP contribution in [-0.2, 0) is 4.74 Å². The number of anilines is 1. The second kappa shape index (κ2) is 3.24. The minimum absolute atomic E-state index is 0.0982. The van der Waals surface area contributed by atoms with Crippen LogP contribution in [0.1, 0.15) is 26.1 Å². The first-order valence-corrected chi connectivity index (χ1v) is 4.80. The molecule has 14 heavy (non-hydrogen) atoms. The van der Waals surface area contributed by atoms with Gasteiger partial charge in [0.25, 0.3) is 0 Å². The van der Waals surface area contributed by atoms with Crippen molar-refractivity contribution in [3.63, 3.8) is 0 Å². The summed E-state index contributed by atoms with van der Waals surface area (Å²) in [7, 11) is 0. The Hall–Kier alpha value is -1.10. The van der Waals surface area contributed by atoms with Gasteiger partial charge in [0.15, 0.2) is 5.82 Å². The van der Waals surface area contributed by atoms with Gasteiger partial charge in [-0.15, -0.1) is 0 Å². The van der Waals surface area contributed by atoms with E-state index in [-0.39, 0.29) is 11.6 Å². The van der Waals surface area contributed by atoms with Crippen LogP contribution in [0.15, 0.2) is 4.52 Å². The average Bonchev–Trinajstić information content (AvgIpc) is 2.62. The number of rotatable bonds is 2. The molecule has 0 amide bonds. The fraction of sp³-hybridized carbons (Fsp3) is 0.778. The smallest absolute Gasteiger partial charge is 0.321 e. The second-order valence-electron chi connectivity index (χ2n) is 3.95. The first kappa shape index (κ1) is 9.45. The molecule has 1 fully saturated rings. The average molecular weight is 197 g/mol. The number of aryl methyl sites for hydroxylation is 1. The Morgan fingerprint density at radius 2 is 2.36 bits per heavy atom. The highest BCUT2D eigenvalue weighted by molar-refractivity contribution is 5.26. The first-order valence-electron chi connectivity index (χ1n) is 4.80. The lowest BCUT2D eigenvalue weighted by molar-refractivity contribution is 0.104. The molecular formula is C9H15N3O2. The minimum atomic E-state index is -0.0982. The molecule has 1 saturated heterocycles. The summed E-state index contributed by atoms with van der Waals surface area (Å²) in [6.45, 7) is 6.72. The molecule has 1 aromatic heterocycles. The summed E-state index contributed by atoms with van der Waals surface area (Å²) in [6, 6.07) is 0.474. The molecule has 78 valence electrons. The van der Waals surface area contributed by atoms with E-state index in [1.54, 1.807) is 6.92 Å². The van der Waals surface area contributed by atoms with Crippen LogP contribution >= 0.6 is 0 Å². The number of hydrogen-bond acceptors (Lipinski definition) is 5. The summed E-state index contributed by atoms with van der Waals surface area (Å²) >= 11 is 0. The van der Waals surface area contributed by atoms with E-state index >= 15 is 0 Å². The number of nitrogens with zero attached hydrogens (tertiary/aromatic N) is 2. The maximum Gasteiger partial charge on any atom is 0.321 e.